The molecule has 3 heteroatoms. The Morgan fingerprint density at radius 3 is 2.62 bits per heavy atom. The summed E-state index contributed by atoms with van der Waals surface area (Å²) in [5.41, 5.74) is 0. The van der Waals surface area contributed by atoms with Crippen molar-refractivity contribution in [2.45, 2.75) is 38.8 Å². The van der Waals surface area contributed by atoms with Crippen LogP contribution in [0.2, 0.25) is 0 Å². The van der Waals surface area contributed by atoms with Crippen LogP contribution in [0.4, 0.5) is 0 Å². The average Bonchev–Trinajstić information content (AvgIpc) is 2.25. The van der Waals surface area contributed by atoms with Crippen LogP contribution in [-0.2, 0) is 0 Å². The number of likely N-dealkylation sites (tertiary alicyclic amines) is 1. The first kappa shape index (κ1) is 13.9. The molecule has 1 fully saturated rings. The number of piperidine rings is 1. The molecule has 1 saturated heterocycles. The van der Waals surface area contributed by atoms with E-state index in [4.69, 9.17) is 0 Å². The second-order valence-electron chi connectivity index (χ2n) is 5.64. The number of nitrogens with zero attached hydrogens (tertiary/aromatic N) is 2. The Morgan fingerprint density at radius 1 is 1.44 bits per heavy atom. The molecule has 1 rings (SSSR count). The molecular formula is C13H29N3. The van der Waals surface area contributed by atoms with Crippen molar-refractivity contribution in [3.05, 3.63) is 0 Å². The summed E-state index contributed by atoms with van der Waals surface area (Å²) in [5.74, 6) is 0.703. The van der Waals surface area contributed by atoms with Gasteiger partial charge in [0.2, 0.25) is 0 Å². The van der Waals surface area contributed by atoms with Crippen LogP contribution in [0.3, 0.4) is 0 Å². The lowest BCUT2D eigenvalue weighted by Gasteiger charge is -2.38. The quantitative estimate of drug-likeness (QED) is 0.763. The summed E-state index contributed by atoms with van der Waals surface area (Å²) < 4.78 is 0. The van der Waals surface area contributed by atoms with Crippen LogP contribution in [0.1, 0.15) is 26.7 Å². The van der Waals surface area contributed by atoms with E-state index in [0.29, 0.717) is 12.0 Å². The van der Waals surface area contributed by atoms with E-state index in [1.807, 2.05) is 0 Å². The van der Waals surface area contributed by atoms with E-state index < -0.39 is 0 Å². The highest BCUT2D eigenvalue weighted by molar-refractivity contribution is 4.81. The van der Waals surface area contributed by atoms with E-state index in [0.717, 1.165) is 12.6 Å². The van der Waals surface area contributed by atoms with Gasteiger partial charge in [0.05, 0.1) is 0 Å². The molecule has 0 saturated carbocycles. The summed E-state index contributed by atoms with van der Waals surface area (Å²) in [6.07, 6.45) is 2.70. The lowest BCUT2D eigenvalue weighted by atomic mass is 10.0. The molecule has 16 heavy (non-hydrogen) atoms. The van der Waals surface area contributed by atoms with E-state index in [1.54, 1.807) is 0 Å². The predicted molar refractivity (Wildman–Crippen MR) is 70.8 cm³/mol. The highest BCUT2D eigenvalue weighted by Gasteiger charge is 2.23. The number of rotatable bonds is 5. The first-order chi connectivity index (χ1) is 7.54. The van der Waals surface area contributed by atoms with Crippen LogP contribution >= 0.6 is 0 Å². The molecule has 0 spiro atoms. The van der Waals surface area contributed by atoms with Gasteiger partial charge in [-0.3, -0.25) is 0 Å². The summed E-state index contributed by atoms with van der Waals surface area (Å²) in [6, 6.07) is 1.35. The molecule has 1 aliphatic heterocycles. The second kappa shape index (κ2) is 6.58. The molecule has 0 aliphatic carbocycles. The molecule has 0 amide bonds. The van der Waals surface area contributed by atoms with Crippen LogP contribution in [0.5, 0.6) is 0 Å². The van der Waals surface area contributed by atoms with Crippen LogP contribution in [0.15, 0.2) is 0 Å². The first-order valence-corrected chi connectivity index (χ1v) is 6.60. The molecule has 2 atom stereocenters. The van der Waals surface area contributed by atoms with Gasteiger partial charge in [0, 0.05) is 25.2 Å². The van der Waals surface area contributed by atoms with Crippen molar-refractivity contribution < 1.29 is 0 Å². The fraction of sp³-hybridized carbons (Fsp3) is 1.00. The lowest BCUT2D eigenvalue weighted by molar-refractivity contribution is 0.120. The van der Waals surface area contributed by atoms with Crippen molar-refractivity contribution >= 4 is 0 Å². The molecule has 1 heterocycles. The van der Waals surface area contributed by atoms with Crippen molar-refractivity contribution in [2.24, 2.45) is 5.92 Å². The number of likely N-dealkylation sites (N-methyl/N-ethyl adjacent to an activating group) is 3. The zero-order valence-corrected chi connectivity index (χ0v) is 11.7. The molecule has 0 aromatic rings. The van der Waals surface area contributed by atoms with E-state index in [9.17, 15) is 0 Å². The van der Waals surface area contributed by atoms with Gasteiger partial charge in [0.1, 0.15) is 0 Å². The molecule has 0 bridgehead atoms. The zero-order valence-electron chi connectivity index (χ0n) is 11.7. The number of nitrogens with one attached hydrogen (secondary N) is 1. The topological polar surface area (TPSA) is 18.5 Å². The van der Waals surface area contributed by atoms with Gasteiger partial charge in [-0.1, -0.05) is 13.8 Å². The predicted octanol–water partition coefficient (Wildman–Crippen LogP) is 1.26. The maximum Gasteiger partial charge on any atom is 0.0221 e. The standard InChI is InChI=1S/C13H29N3/c1-11(2)13(14-3)10-16(5)12-7-6-8-15(4)9-12/h11-14H,6-10H2,1-5H3. The summed E-state index contributed by atoms with van der Waals surface area (Å²) in [5, 5.41) is 3.43. The Bertz CT molecular complexity index is 194. The van der Waals surface area contributed by atoms with Gasteiger partial charge in [0.25, 0.3) is 0 Å². The van der Waals surface area contributed by atoms with Crippen molar-refractivity contribution in [1.82, 2.24) is 15.1 Å². The molecule has 0 radical (unpaired) electrons. The van der Waals surface area contributed by atoms with Gasteiger partial charge in [-0.2, -0.15) is 0 Å². The van der Waals surface area contributed by atoms with E-state index in [2.05, 4.69) is 50.1 Å². The molecule has 2 unspecified atom stereocenters. The third-order valence-electron chi connectivity index (χ3n) is 3.88. The molecule has 1 aliphatic rings. The normalized spacial score (nSPS) is 25.3. The van der Waals surface area contributed by atoms with Gasteiger partial charge in [-0.25, -0.2) is 0 Å². The first-order valence-electron chi connectivity index (χ1n) is 6.60. The number of hydrogen-bond acceptors (Lipinski definition) is 3. The maximum absolute atomic E-state index is 3.43. The van der Waals surface area contributed by atoms with Crippen LogP contribution in [0.25, 0.3) is 0 Å². The highest BCUT2D eigenvalue weighted by atomic mass is 15.2. The average molecular weight is 227 g/mol. The number of hydrogen-bond donors (Lipinski definition) is 1. The Kier molecular flexibility index (Phi) is 5.73. The molecule has 96 valence electrons. The fourth-order valence-electron chi connectivity index (χ4n) is 2.59. The van der Waals surface area contributed by atoms with Crippen LogP contribution in [0, 0.1) is 5.92 Å². The van der Waals surface area contributed by atoms with E-state index in [1.165, 1.54) is 25.9 Å². The summed E-state index contributed by atoms with van der Waals surface area (Å²) >= 11 is 0. The van der Waals surface area contributed by atoms with Crippen molar-refractivity contribution in [3.8, 4) is 0 Å². The Labute approximate surface area is 101 Å². The molecule has 1 N–H and O–H groups in total. The van der Waals surface area contributed by atoms with Gasteiger partial charge in [-0.15, -0.1) is 0 Å². The molecule has 0 aromatic heterocycles. The lowest BCUT2D eigenvalue weighted by Crippen LogP contribution is -2.50. The summed E-state index contributed by atoms with van der Waals surface area (Å²) in [6.45, 7) is 8.24. The highest BCUT2D eigenvalue weighted by Crippen LogP contribution is 2.14. The largest absolute Gasteiger partial charge is 0.315 e. The third-order valence-corrected chi connectivity index (χ3v) is 3.88. The molecular weight excluding hydrogens is 198 g/mol. The van der Waals surface area contributed by atoms with Crippen molar-refractivity contribution in [2.75, 3.05) is 40.8 Å². The maximum atomic E-state index is 3.43. The van der Waals surface area contributed by atoms with Gasteiger partial charge < -0.3 is 15.1 Å². The van der Waals surface area contributed by atoms with E-state index >= 15 is 0 Å². The minimum atomic E-state index is 0.609. The Morgan fingerprint density at radius 2 is 2.12 bits per heavy atom. The smallest absolute Gasteiger partial charge is 0.0221 e. The van der Waals surface area contributed by atoms with E-state index in [-0.39, 0.29) is 0 Å². The van der Waals surface area contributed by atoms with Gasteiger partial charge in [-0.05, 0) is 46.4 Å². The third kappa shape index (κ3) is 4.04. The Balaban J connectivity index is 2.40. The SMILES string of the molecule is CNC(CN(C)C1CCCN(C)C1)C(C)C. The fourth-order valence-corrected chi connectivity index (χ4v) is 2.59. The second-order valence-corrected chi connectivity index (χ2v) is 5.64. The van der Waals surface area contributed by atoms with Gasteiger partial charge >= 0.3 is 0 Å². The van der Waals surface area contributed by atoms with Crippen molar-refractivity contribution in [3.63, 3.8) is 0 Å². The van der Waals surface area contributed by atoms with Crippen molar-refractivity contribution in [1.29, 1.82) is 0 Å². The molecule has 0 aromatic carbocycles. The summed E-state index contributed by atoms with van der Waals surface area (Å²) in [7, 11) is 6.58. The van der Waals surface area contributed by atoms with Crippen LogP contribution in [-0.4, -0.2) is 62.7 Å². The summed E-state index contributed by atoms with van der Waals surface area (Å²) in [4.78, 5) is 4.99. The van der Waals surface area contributed by atoms with Gasteiger partial charge in [0.15, 0.2) is 0 Å². The zero-order chi connectivity index (χ0) is 12.1. The minimum Gasteiger partial charge on any atom is -0.315 e. The monoisotopic (exact) mass is 227 g/mol. The Hall–Kier alpha value is -0.120. The molecule has 3 nitrogen and oxygen atoms in total. The minimum absolute atomic E-state index is 0.609. The van der Waals surface area contributed by atoms with Crippen LogP contribution < -0.4 is 5.32 Å².